The fraction of sp³-hybridized carbons (Fsp3) is 0.364. The van der Waals surface area contributed by atoms with Gasteiger partial charge in [-0.15, -0.1) is 0 Å². The Morgan fingerprint density at radius 3 is 2.79 bits per heavy atom. The summed E-state index contributed by atoms with van der Waals surface area (Å²) in [5.41, 5.74) is 3.45. The van der Waals surface area contributed by atoms with Crippen molar-refractivity contribution in [3.05, 3.63) is 29.3 Å². The van der Waals surface area contributed by atoms with E-state index in [1.165, 1.54) is 5.56 Å². The molecule has 0 saturated carbocycles. The van der Waals surface area contributed by atoms with E-state index in [-0.39, 0.29) is 0 Å². The van der Waals surface area contributed by atoms with Crippen LogP contribution in [0.4, 0.5) is 0 Å². The van der Waals surface area contributed by atoms with Gasteiger partial charge in [0.05, 0.1) is 5.71 Å². The summed E-state index contributed by atoms with van der Waals surface area (Å²) >= 11 is 0. The molecule has 2 rings (SSSR count). The van der Waals surface area contributed by atoms with Gasteiger partial charge in [0.2, 0.25) is 0 Å². The molecule has 0 spiro atoms. The van der Waals surface area contributed by atoms with E-state index >= 15 is 0 Å². The van der Waals surface area contributed by atoms with Gasteiger partial charge in [0, 0.05) is 19.7 Å². The number of nitrogens with zero attached hydrogens (tertiary/aromatic N) is 2. The Kier molecular flexibility index (Phi) is 2.15. The van der Waals surface area contributed by atoms with Crippen LogP contribution in [0.2, 0.25) is 0 Å². The molecule has 3 heteroatoms. The molecular weight excluding hydrogens is 176 g/mol. The van der Waals surface area contributed by atoms with E-state index in [2.05, 4.69) is 5.10 Å². The number of phenols is 1. The molecule has 0 bridgehead atoms. The second-order valence-electron chi connectivity index (χ2n) is 3.74. The van der Waals surface area contributed by atoms with Gasteiger partial charge >= 0.3 is 0 Å². The first-order chi connectivity index (χ1) is 6.66. The molecule has 0 aliphatic heterocycles. The molecule has 0 saturated heterocycles. The zero-order valence-corrected chi connectivity index (χ0v) is 8.49. The van der Waals surface area contributed by atoms with Gasteiger partial charge in [-0.25, -0.2) is 0 Å². The molecule has 0 atom stereocenters. The summed E-state index contributed by atoms with van der Waals surface area (Å²) in [6.45, 7) is 0. The van der Waals surface area contributed by atoms with E-state index < -0.39 is 0 Å². The summed E-state index contributed by atoms with van der Waals surface area (Å²) in [4.78, 5) is 0. The summed E-state index contributed by atoms with van der Waals surface area (Å²) in [7, 11) is 3.82. The van der Waals surface area contributed by atoms with Gasteiger partial charge in [0.15, 0.2) is 0 Å². The largest absolute Gasteiger partial charge is 0.508 e. The first-order valence-electron chi connectivity index (χ1n) is 4.74. The lowest BCUT2D eigenvalue weighted by Gasteiger charge is -2.07. The number of phenolic OH excluding ortho intramolecular Hbond substituents is 1. The van der Waals surface area contributed by atoms with E-state index in [0.29, 0.717) is 5.75 Å². The monoisotopic (exact) mass is 190 g/mol. The smallest absolute Gasteiger partial charge is 0.116 e. The number of rotatable bonds is 1. The predicted molar refractivity (Wildman–Crippen MR) is 56.7 cm³/mol. The van der Waals surface area contributed by atoms with E-state index in [4.69, 9.17) is 0 Å². The number of hydrogen-bond acceptors (Lipinski definition) is 3. The van der Waals surface area contributed by atoms with Crippen molar-refractivity contribution in [3.8, 4) is 5.75 Å². The van der Waals surface area contributed by atoms with Gasteiger partial charge in [0.25, 0.3) is 0 Å². The van der Waals surface area contributed by atoms with Crippen molar-refractivity contribution < 1.29 is 5.11 Å². The molecule has 0 fully saturated rings. The highest BCUT2D eigenvalue weighted by Gasteiger charge is 2.18. The van der Waals surface area contributed by atoms with Crippen molar-refractivity contribution >= 4 is 5.71 Å². The Morgan fingerprint density at radius 1 is 1.29 bits per heavy atom. The Balaban J connectivity index is 2.43. The van der Waals surface area contributed by atoms with Crippen LogP contribution in [0.15, 0.2) is 23.3 Å². The van der Waals surface area contributed by atoms with Gasteiger partial charge in [-0.05, 0) is 30.5 Å². The third kappa shape index (κ3) is 1.58. The average Bonchev–Trinajstić information content (AvgIpc) is 2.47. The van der Waals surface area contributed by atoms with E-state index in [9.17, 15) is 5.11 Å². The Labute approximate surface area is 83.7 Å². The minimum absolute atomic E-state index is 0.317. The van der Waals surface area contributed by atoms with Crippen molar-refractivity contribution in [2.45, 2.75) is 12.8 Å². The molecule has 1 N–H and O–H groups in total. The number of aromatic hydroxyl groups is 1. The molecule has 1 aliphatic rings. The van der Waals surface area contributed by atoms with Crippen LogP contribution in [0.5, 0.6) is 5.75 Å². The van der Waals surface area contributed by atoms with E-state index in [1.54, 1.807) is 17.1 Å². The van der Waals surface area contributed by atoms with Crippen LogP contribution in [0.25, 0.3) is 0 Å². The van der Waals surface area contributed by atoms with Crippen LogP contribution in [0, 0.1) is 0 Å². The predicted octanol–water partition coefficient (Wildman–Crippen LogP) is 1.60. The molecule has 1 aromatic rings. The molecule has 0 heterocycles. The summed E-state index contributed by atoms with van der Waals surface area (Å²) in [5, 5.41) is 15.6. The third-order valence-electron chi connectivity index (χ3n) is 2.36. The zero-order valence-electron chi connectivity index (χ0n) is 8.49. The minimum Gasteiger partial charge on any atom is -0.508 e. The highest BCUT2D eigenvalue weighted by molar-refractivity contribution is 6.04. The normalized spacial score (nSPS) is 17.1. The van der Waals surface area contributed by atoms with Gasteiger partial charge in [-0.3, -0.25) is 0 Å². The Hall–Kier alpha value is -1.51. The standard InChI is InChI=1S/C11H14N2O/c1-13(2)12-11-6-4-8-3-5-9(14)7-10(8)11/h3,5,7,14H,4,6H2,1-2H3/b12-11-. The van der Waals surface area contributed by atoms with Crippen LogP contribution < -0.4 is 0 Å². The molecule has 0 radical (unpaired) electrons. The van der Waals surface area contributed by atoms with E-state index in [1.807, 2.05) is 20.2 Å². The first kappa shape index (κ1) is 9.06. The van der Waals surface area contributed by atoms with Crippen molar-refractivity contribution in [1.29, 1.82) is 0 Å². The van der Waals surface area contributed by atoms with Gasteiger partial charge in [-0.1, -0.05) is 6.07 Å². The van der Waals surface area contributed by atoms with Gasteiger partial charge in [0.1, 0.15) is 5.75 Å². The lowest BCUT2D eigenvalue weighted by molar-refractivity contribution is 0.437. The number of benzene rings is 1. The molecule has 0 aromatic heterocycles. The number of fused-ring (bicyclic) bond motifs is 1. The fourth-order valence-electron chi connectivity index (χ4n) is 1.78. The maximum atomic E-state index is 9.38. The maximum Gasteiger partial charge on any atom is 0.116 e. The second-order valence-corrected chi connectivity index (χ2v) is 3.74. The van der Waals surface area contributed by atoms with Crippen molar-refractivity contribution in [2.75, 3.05) is 14.1 Å². The molecule has 1 aromatic carbocycles. The lowest BCUT2D eigenvalue weighted by Crippen LogP contribution is -2.07. The third-order valence-corrected chi connectivity index (χ3v) is 2.36. The Bertz CT molecular complexity index is 383. The highest BCUT2D eigenvalue weighted by Crippen LogP contribution is 2.26. The lowest BCUT2D eigenvalue weighted by atomic mass is 10.1. The summed E-state index contributed by atoms with van der Waals surface area (Å²) < 4.78 is 0. The average molecular weight is 190 g/mol. The topological polar surface area (TPSA) is 35.8 Å². The fourth-order valence-corrected chi connectivity index (χ4v) is 1.78. The van der Waals surface area contributed by atoms with Gasteiger partial charge in [-0.2, -0.15) is 5.10 Å². The SMILES string of the molecule is CN(C)/N=C1/CCc2ccc(O)cc21. The molecule has 0 amide bonds. The number of hydrazone groups is 1. The zero-order chi connectivity index (χ0) is 10.1. The van der Waals surface area contributed by atoms with Crippen LogP contribution >= 0.6 is 0 Å². The van der Waals surface area contributed by atoms with Crippen LogP contribution in [-0.4, -0.2) is 29.9 Å². The van der Waals surface area contributed by atoms with E-state index in [0.717, 1.165) is 24.1 Å². The molecule has 1 aliphatic carbocycles. The molecule has 14 heavy (non-hydrogen) atoms. The van der Waals surface area contributed by atoms with Gasteiger partial charge < -0.3 is 10.1 Å². The molecule has 3 nitrogen and oxygen atoms in total. The minimum atomic E-state index is 0.317. The van der Waals surface area contributed by atoms with Crippen molar-refractivity contribution in [3.63, 3.8) is 0 Å². The van der Waals surface area contributed by atoms with Crippen molar-refractivity contribution in [1.82, 2.24) is 5.01 Å². The summed E-state index contributed by atoms with van der Waals surface area (Å²) in [5.74, 6) is 0.317. The molecule has 74 valence electrons. The first-order valence-corrected chi connectivity index (χ1v) is 4.74. The summed E-state index contributed by atoms with van der Waals surface area (Å²) in [6.07, 6.45) is 2.00. The van der Waals surface area contributed by atoms with Crippen LogP contribution in [0.1, 0.15) is 17.5 Å². The molecular formula is C11H14N2O. The molecule has 0 unspecified atom stereocenters. The van der Waals surface area contributed by atoms with Crippen LogP contribution in [0.3, 0.4) is 0 Å². The second kappa shape index (κ2) is 3.33. The highest BCUT2D eigenvalue weighted by atomic mass is 16.3. The number of aryl methyl sites for hydroxylation is 1. The van der Waals surface area contributed by atoms with Crippen LogP contribution in [-0.2, 0) is 6.42 Å². The number of hydrogen-bond donors (Lipinski definition) is 1. The summed E-state index contributed by atoms with van der Waals surface area (Å²) in [6, 6.07) is 5.50. The van der Waals surface area contributed by atoms with Crippen molar-refractivity contribution in [2.24, 2.45) is 5.10 Å². The Morgan fingerprint density at radius 2 is 2.07 bits per heavy atom. The maximum absolute atomic E-state index is 9.38. The quantitative estimate of drug-likeness (QED) is 0.683.